The smallest absolute Gasteiger partial charge is 0.425 e. The van der Waals surface area contributed by atoms with Crippen molar-refractivity contribution in [2.45, 2.75) is 51.2 Å². The Morgan fingerprint density at radius 1 is 1.32 bits per heavy atom. The highest BCUT2D eigenvalue weighted by Gasteiger charge is 2.39. The number of carbonyl (C=O) groups is 1. The van der Waals surface area contributed by atoms with Crippen LogP contribution in [0.5, 0.6) is 5.75 Å². The van der Waals surface area contributed by atoms with E-state index in [2.05, 4.69) is 5.10 Å². The van der Waals surface area contributed by atoms with Gasteiger partial charge in [0.15, 0.2) is 6.10 Å². The van der Waals surface area contributed by atoms with Crippen molar-refractivity contribution in [2.24, 2.45) is 0 Å². The Morgan fingerprint density at radius 2 is 2.06 bits per heavy atom. The third kappa shape index (κ3) is 4.37. The van der Waals surface area contributed by atoms with Gasteiger partial charge in [-0.15, -0.1) is 0 Å². The van der Waals surface area contributed by atoms with Gasteiger partial charge < -0.3 is 14.4 Å². The van der Waals surface area contributed by atoms with Gasteiger partial charge in [0.25, 0.3) is 5.91 Å². The number of carbonyl (C=O) groups excluding carboxylic acids is 1. The first-order valence-corrected chi connectivity index (χ1v) is 9.97. The molecule has 0 N–H and O–H groups in total. The highest BCUT2D eigenvalue weighted by Crippen LogP contribution is 2.32. The number of ether oxygens (including phenoxy) is 2. The van der Waals surface area contributed by atoms with Crippen molar-refractivity contribution in [3.63, 3.8) is 0 Å². The van der Waals surface area contributed by atoms with Crippen molar-refractivity contribution in [1.82, 2.24) is 14.7 Å². The molecule has 3 heterocycles. The molecule has 2 aliphatic heterocycles. The SMILES string of the molecule is CC(Oc1ccc(C#N)cc1C(=O)N1Cc2cn(C3CCOCC3)nc2C1)C(F)(F)F. The zero-order valence-corrected chi connectivity index (χ0v) is 16.9. The summed E-state index contributed by atoms with van der Waals surface area (Å²) in [6.45, 7) is 2.79. The van der Waals surface area contributed by atoms with Crippen molar-refractivity contribution < 1.29 is 27.4 Å². The van der Waals surface area contributed by atoms with Gasteiger partial charge in [-0.25, -0.2) is 0 Å². The minimum atomic E-state index is -4.58. The molecule has 2 aliphatic rings. The molecule has 31 heavy (non-hydrogen) atoms. The van der Waals surface area contributed by atoms with Crippen LogP contribution >= 0.6 is 0 Å². The first-order chi connectivity index (χ1) is 14.8. The zero-order chi connectivity index (χ0) is 22.2. The van der Waals surface area contributed by atoms with Crippen LogP contribution in [0.15, 0.2) is 24.4 Å². The van der Waals surface area contributed by atoms with E-state index < -0.39 is 18.2 Å². The van der Waals surface area contributed by atoms with Crippen LogP contribution in [-0.4, -0.2) is 46.1 Å². The summed E-state index contributed by atoms with van der Waals surface area (Å²) in [6, 6.07) is 5.99. The van der Waals surface area contributed by atoms with E-state index in [0.717, 1.165) is 31.0 Å². The lowest BCUT2D eigenvalue weighted by Crippen LogP contribution is -2.32. The minimum Gasteiger partial charge on any atom is -0.480 e. The lowest BCUT2D eigenvalue weighted by Gasteiger charge is -2.23. The Labute approximate surface area is 177 Å². The molecule has 164 valence electrons. The predicted molar refractivity (Wildman–Crippen MR) is 102 cm³/mol. The van der Waals surface area contributed by atoms with Crippen LogP contribution in [0.25, 0.3) is 0 Å². The lowest BCUT2D eigenvalue weighted by atomic mass is 10.1. The van der Waals surface area contributed by atoms with Gasteiger partial charge in [-0.05, 0) is 38.0 Å². The summed E-state index contributed by atoms with van der Waals surface area (Å²) in [5.74, 6) is -0.706. The average Bonchev–Trinajstić information content (AvgIpc) is 3.33. The molecular weight excluding hydrogens is 413 g/mol. The number of benzene rings is 1. The van der Waals surface area contributed by atoms with E-state index in [-0.39, 0.29) is 29.5 Å². The molecule has 0 bridgehead atoms. The third-order valence-electron chi connectivity index (χ3n) is 5.55. The largest absolute Gasteiger partial charge is 0.480 e. The quantitative estimate of drug-likeness (QED) is 0.735. The highest BCUT2D eigenvalue weighted by atomic mass is 19.4. The van der Waals surface area contributed by atoms with Crippen LogP contribution in [0.2, 0.25) is 0 Å². The number of fused-ring (bicyclic) bond motifs is 1. The van der Waals surface area contributed by atoms with Gasteiger partial charge in [0, 0.05) is 31.5 Å². The van der Waals surface area contributed by atoms with Crippen molar-refractivity contribution in [2.75, 3.05) is 13.2 Å². The summed E-state index contributed by atoms with van der Waals surface area (Å²) >= 11 is 0. The molecule has 1 atom stereocenters. The monoisotopic (exact) mass is 434 g/mol. The van der Waals surface area contributed by atoms with E-state index >= 15 is 0 Å². The molecule has 1 aromatic carbocycles. The second kappa shape index (κ2) is 8.23. The van der Waals surface area contributed by atoms with Crippen LogP contribution in [-0.2, 0) is 17.8 Å². The van der Waals surface area contributed by atoms with Gasteiger partial charge in [-0.3, -0.25) is 9.48 Å². The molecule has 0 aliphatic carbocycles. The summed E-state index contributed by atoms with van der Waals surface area (Å²) in [5.41, 5.74) is 1.76. The highest BCUT2D eigenvalue weighted by molar-refractivity contribution is 5.97. The van der Waals surface area contributed by atoms with E-state index in [1.807, 2.05) is 16.9 Å². The first-order valence-electron chi connectivity index (χ1n) is 9.97. The maximum absolute atomic E-state index is 13.1. The minimum absolute atomic E-state index is 0.0717. The summed E-state index contributed by atoms with van der Waals surface area (Å²) in [6.07, 6.45) is -2.99. The molecule has 0 spiro atoms. The number of hydrogen-bond donors (Lipinski definition) is 0. The molecule has 1 aromatic heterocycles. The fourth-order valence-electron chi connectivity index (χ4n) is 3.75. The summed E-state index contributed by atoms with van der Waals surface area (Å²) in [7, 11) is 0. The van der Waals surface area contributed by atoms with E-state index in [0.29, 0.717) is 19.8 Å². The van der Waals surface area contributed by atoms with Crippen molar-refractivity contribution in [1.29, 1.82) is 5.26 Å². The van der Waals surface area contributed by atoms with Crippen LogP contribution < -0.4 is 4.74 Å². The van der Waals surface area contributed by atoms with Crippen LogP contribution in [0.3, 0.4) is 0 Å². The zero-order valence-electron chi connectivity index (χ0n) is 16.9. The van der Waals surface area contributed by atoms with Crippen LogP contribution in [0.1, 0.15) is 53.0 Å². The van der Waals surface area contributed by atoms with Crippen molar-refractivity contribution >= 4 is 5.91 Å². The van der Waals surface area contributed by atoms with E-state index in [4.69, 9.17) is 14.7 Å². The first kappa shape index (κ1) is 21.2. The van der Waals surface area contributed by atoms with E-state index in [1.54, 1.807) is 0 Å². The summed E-state index contributed by atoms with van der Waals surface area (Å²) in [4.78, 5) is 14.6. The Morgan fingerprint density at radius 3 is 2.71 bits per heavy atom. The van der Waals surface area contributed by atoms with Crippen molar-refractivity contribution in [3.05, 3.63) is 46.8 Å². The number of aromatic nitrogens is 2. The van der Waals surface area contributed by atoms with Gasteiger partial charge in [0.05, 0.1) is 35.5 Å². The molecular formula is C21H21F3N4O3. The summed E-state index contributed by atoms with van der Waals surface area (Å²) in [5, 5.41) is 13.8. The number of nitriles is 1. The fraction of sp³-hybridized carbons (Fsp3) is 0.476. The van der Waals surface area contributed by atoms with Gasteiger partial charge in [-0.1, -0.05) is 0 Å². The van der Waals surface area contributed by atoms with Crippen LogP contribution in [0, 0.1) is 11.3 Å². The molecule has 1 unspecified atom stereocenters. The number of alkyl halides is 3. The average molecular weight is 434 g/mol. The molecule has 0 radical (unpaired) electrons. The van der Waals surface area contributed by atoms with Gasteiger partial charge in [-0.2, -0.15) is 23.5 Å². The van der Waals surface area contributed by atoms with Gasteiger partial charge >= 0.3 is 6.18 Å². The van der Waals surface area contributed by atoms with Gasteiger partial charge in [0.2, 0.25) is 0 Å². The molecule has 10 heteroatoms. The normalized spacial score (nSPS) is 17.8. The second-order valence-corrected chi connectivity index (χ2v) is 7.71. The second-order valence-electron chi connectivity index (χ2n) is 7.71. The number of hydrogen-bond acceptors (Lipinski definition) is 5. The maximum atomic E-state index is 13.1. The molecule has 1 amide bonds. The molecule has 7 nitrogen and oxygen atoms in total. The standard InChI is InChI=1S/C21H21F3N4O3/c1-13(21(22,23)24)31-19-3-2-14(9-25)8-17(19)20(29)27-10-15-11-28(26-18(15)12-27)16-4-6-30-7-5-16/h2-3,8,11,13,16H,4-7,10,12H2,1H3. The Kier molecular flexibility index (Phi) is 5.62. The number of rotatable bonds is 4. The van der Waals surface area contributed by atoms with Gasteiger partial charge in [0.1, 0.15) is 5.75 Å². The van der Waals surface area contributed by atoms with Crippen LogP contribution in [0.4, 0.5) is 13.2 Å². The molecule has 2 aromatic rings. The fourth-order valence-corrected chi connectivity index (χ4v) is 3.75. The third-order valence-corrected chi connectivity index (χ3v) is 5.55. The Hall–Kier alpha value is -3.06. The predicted octanol–water partition coefficient (Wildman–Crippen LogP) is 3.59. The van der Waals surface area contributed by atoms with Crippen molar-refractivity contribution in [3.8, 4) is 11.8 Å². The van der Waals surface area contributed by atoms with E-state index in [1.165, 1.54) is 23.1 Å². The molecule has 1 fully saturated rings. The topological polar surface area (TPSA) is 80.4 Å². The molecule has 1 saturated heterocycles. The maximum Gasteiger partial charge on any atom is 0.425 e. The lowest BCUT2D eigenvalue weighted by molar-refractivity contribution is -0.189. The molecule has 4 rings (SSSR count). The number of halogens is 3. The molecule has 0 saturated carbocycles. The number of amides is 1. The Bertz CT molecular complexity index is 998. The summed E-state index contributed by atoms with van der Waals surface area (Å²) < 4.78 is 51.2. The Balaban J connectivity index is 1.53. The van der Waals surface area contributed by atoms with E-state index in [9.17, 15) is 18.0 Å². The number of nitrogens with zero attached hydrogens (tertiary/aromatic N) is 4.